The number of methoxy groups -OCH3 is 1. The van der Waals surface area contributed by atoms with Gasteiger partial charge < -0.3 is 14.1 Å². The molecule has 4 rings (SSSR count). The van der Waals surface area contributed by atoms with E-state index >= 15 is 0 Å². The molecule has 3 aromatic rings. The molecule has 0 spiro atoms. The van der Waals surface area contributed by atoms with Gasteiger partial charge in [0.1, 0.15) is 11.8 Å². The average molecular weight is 418 g/mol. The molecule has 0 saturated carbocycles. The number of imide groups is 1. The van der Waals surface area contributed by atoms with E-state index in [1.54, 1.807) is 17.9 Å². The van der Waals surface area contributed by atoms with Crippen molar-refractivity contribution in [3.8, 4) is 0 Å². The molecular formula is C24H22N2O5. The molecule has 7 nitrogen and oxygen atoms in total. The van der Waals surface area contributed by atoms with Crippen LogP contribution >= 0.6 is 0 Å². The van der Waals surface area contributed by atoms with Gasteiger partial charge in [-0.15, -0.1) is 0 Å². The molecule has 1 saturated heterocycles. The zero-order valence-corrected chi connectivity index (χ0v) is 17.3. The smallest absolute Gasteiger partial charge is 0.374 e. The van der Waals surface area contributed by atoms with Crippen LogP contribution in [0.4, 0.5) is 4.79 Å². The fourth-order valence-electron chi connectivity index (χ4n) is 3.76. The molecule has 0 bridgehead atoms. The van der Waals surface area contributed by atoms with Crippen LogP contribution in [0.5, 0.6) is 0 Å². The van der Waals surface area contributed by atoms with E-state index in [4.69, 9.17) is 9.15 Å². The maximum absolute atomic E-state index is 13.3. The maximum atomic E-state index is 13.3. The molecule has 3 amide bonds. The highest BCUT2D eigenvalue weighted by Crippen LogP contribution is 2.33. The Bertz CT molecular complexity index is 1110. The summed E-state index contributed by atoms with van der Waals surface area (Å²) in [6.07, 6.45) is 0. The van der Waals surface area contributed by atoms with E-state index in [0.717, 1.165) is 11.1 Å². The number of esters is 1. The Morgan fingerprint density at radius 3 is 2.29 bits per heavy atom. The van der Waals surface area contributed by atoms with E-state index in [1.807, 2.05) is 60.7 Å². The topological polar surface area (TPSA) is 80.1 Å². The van der Waals surface area contributed by atoms with Crippen molar-refractivity contribution in [3.63, 3.8) is 0 Å². The van der Waals surface area contributed by atoms with Crippen molar-refractivity contribution in [2.75, 3.05) is 7.11 Å². The monoisotopic (exact) mass is 418 g/mol. The number of hydrogen-bond acceptors (Lipinski definition) is 5. The van der Waals surface area contributed by atoms with Gasteiger partial charge in [0, 0.05) is 12.1 Å². The molecule has 1 aromatic heterocycles. The fourth-order valence-corrected chi connectivity index (χ4v) is 3.76. The normalized spacial score (nSPS) is 16.1. The van der Waals surface area contributed by atoms with Crippen LogP contribution in [0, 0.1) is 6.92 Å². The third-order valence-electron chi connectivity index (χ3n) is 5.25. The second-order valence-electron chi connectivity index (χ2n) is 7.35. The van der Waals surface area contributed by atoms with Crippen LogP contribution in [0.15, 0.2) is 71.1 Å². The van der Waals surface area contributed by atoms with Crippen molar-refractivity contribution in [2.24, 2.45) is 0 Å². The van der Waals surface area contributed by atoms with Gasteiger partial charge in [-0.2, -0.15) is 0 Å². The van der Waals surface area contributed by atoms with Crippen LogP contribution in [-0.4, -0.2) is 34.8 Å². The summed E-state index contributed by atoms with van der Waals surface area (Å²) in [5, 5.41) is 0. The number of nitrogens with zero attached hydrogens (tertiary/aromatic N) is 2. The lowest BCUT2D eigenvalue weighted by Gasteiger charge is -2.22. The number of benzene rings is 2. The molecule has 7 heteroatoms. The molecule has 1 aliphatic heterocycles. The lowest BCUT2D eigenvalue weighted by molar-refractivity contribution is -0.129. The minimum absolute atomic E-state index is 0.0654. The third kappa shape index (κ3) is 3.94. The number of furan rings is 1. The van der Waals surface area contributed by atoms with E-state index < -0.39 is 18.0 Å². The van der Waals surface area contributed by atoms with Gasteiger partial charge in [-0.3, -0.25) is 9.69 Å². The Labute approximate surface area is 179 Å². The zero-order valence-electron chi connectivity index (χ0n) is 17.3. The standard InChI is InChI=1S/C24H22N2O5/c1-16-13-19(31-21(16)23(28)30-2)15-26-22(27)20(18-11-7-4-8-12-18)25(24(26)29)14-17-9-5-3-6-10-17/h3-13,20H,14-15H2,1-2H3. The first-order valence-corrected chi connectivity index (χ1v) is 9.88. The lowest BCUT2D eigenvalue weighted by Crippen LogP contribution is -2.32. The summed E-state index contributed by atoms with van der Waals surface area (Å²) >= 11 is 0. The van der Waals surface area contributed by atoms with Crippen LogP contribution in [0.25, 0.3) is 0 Å². The summed E-state index contributed by atoms with van der Waals surface area (Å²) in [6.45, 7) is 1.94. The second kappa shape index (κ2) is 8.47. The number of rotatable bonds is 6. The van der Waals surface area contributed by atoms with Crippen LogP contribution in [-0.2, 0) is 22.6 Å². The van der Waals surface area contributed by atoms with Gasteiger partial charge >= 0.3 is 12.0 Å². The number of ether oxygens (including phenoxy) is 1. The predicted molar refractivity (Wildman–Crippen MR) is 112 cm³/mol. The summed E-state index contributed by atoms with van der Waals surface area (Å²) in [7, 11) is 1.27. The number of aryl methyl sites for hydroxylation is 1. The first-order chi connectivity index (χ1) is 15.0. The van der Waals surface area contributed by atoms with E-state index in [9.17, 15) is 14.4 Å². The van der Waals surface area contributed by atoms with Crippen molar-refractivity contribution >= 4 is 17.9 Å². The number of hydrogen-bond donors (Lipinski definition) is 0. The lowest BCUT2D eigenvalue weighted by atomic mass is 10.1. The predicted octanol–water partition coefficient (Wildman–Crippen LogP) is 4.08. The Morgan fingerprint density at radius 2 is 1.65 bits per heavy atom. The molecule has 0 aliphatic carbocycles. The Balaban J connectivity index is 1.65. The van der Waals surface area contributed by atoms with Gasteiger partial charge in [0.05, 0.1) is 13.7 Å². The Hall–Kier alpha value is -3.87. The highest BCUT2D eigenvalue weighted by Gasteiger charge is 2.46. The molecule has 0 N–H and O–H groups in total. The minimum atomic E-state index is -0.731. The minimum Gasteiger partial charge on any atom is -0.463 e. The summed E-state index contributed by atoms with van der Waals surface area (Å²) < 4.78 is 10.3. The molecular weight excluding hydrogens is 396 g/mol. The Morgan fingerprint density at radius 1 is 1.00 bits per heavy atom. The number of urea groups is 1. The molecule has 2 aromatic carbocycles. The van der Waals surface area contributed by atoms with Crippen molar-refractivity contribution in [1.29, 1.82) is 0 Å². The largest absolute Gasteiger partial charge is 0.463 e. The van der Waals surface area contributed by atoms with Gasteiger partial charge in [-0.1, -0.05) is 60.7 Å². The van der Waals surface area contributed by atoms with Crippen molar-refractivity contribution in [2.45, 2.75) is 26.1 Å². The van der Waals surface area contributed by atoms with Crippen molar-refractivity contribution < 1.29 is 23.5 Å². The fraction of sp³-hybridized carbons (Fsp3) is 0.208. The highest BCUT2D eigenvalue weighted by molar-refractivity contribution is 6.04. The van der Waals surface area contributed by atoms with Crippen LogP contribution in [0.1, 0.15) is 39.0 Å². The van der Waals surface area contributed by atoms with Gasteiger partial charge in [-0.25, -0.2) is 9.59 Å². The summed E-state index contributed by atoms with van der Waals surface area (Å²) in [6, 6.07) is 19.3. The van der Waals surface area contributed by atoms with Gasteiger partial charge in [-0.05, 0) is 24.1 Å². The van der Waals surface area contributed by atoms with E-state index in [2.05, 4.69) is 0 Å². The van der Waals surface area contributed by atoms with Gasteiger partial charge in [0.25, 0.3) is 5.91 Å². The number of amides is 3. The number of carbonyl (C=O) groups excluding carboxylic acids is 3. The summed E-state index contributed by atoms with van der Waals surface area (Å²) in [5.74, 6) is -0.526. The number of carbonyl (C=O) groups is 3. The first-order valence-electron chi connectivity index (χ1n) is 9.88. The molecule has 158 valence electrons. The first kappa shape index (κ1) is 20.4. The molecule has 1 atom stereocenters. The van der Waals surface area contributed by atoms with Crippen LogP contribution in [0.2, 0.25) is 0 Å². The molecule has 1 unspecified atom stereocenters. The molecule has 31 heavy (non-hydrogen) atoms. The second-order valence-corrected chi connectivity index (χ2v) is 7.35. The van der Waals surface area contributed by atoms with Crippen molar-refractivity contribution in [3.05, 3.63) is 94.9 Å². The van der Waals surface area contributed by atoms with Crippen molar-refractivity contribution in [1.82, 2.24) is 9.80 Å². The van der Waals surface area contributed by atoms with E-state index in [1.165, 1.54) is 12.0 Å². The quantitative estimate of drug-likeness (QED) is 0.445. The highest BCUT2D eigenvalue weighted by atomic mass is 16.5. The van der Waals surface area contributed by atoms with Crippen LogP contribution in [0.3, 0.4) is 0 Å². The zero-order chi connectivity index (χ0) is 22.0. The summed E-state index contributed by atoms with van der Waals surface area (Å²) in [5.41, 5.74) is 2.25. The van der Waals surface area contributed by atoms with Crippen LogP contribution < -0.4 is 0 Å². The average Bonchev–Trinajstić information content (AvgIpc) is 3.27. The Kier molecular flexibility index (Phi) is 5.58. The van der Waals surface area contributed by atoms with E-state index in [0.29, 0.717) is 17.9 Å². The summed E-state index contributed by atoms with van der Waals surface area (Å²) in [4.78, 5) is 41.2. The van der Waals surface area contributed by atoms with E-state index in [-0.39, 0.29) is 18.2 Å². The maximum Gasteiger partial charge on any atom is 0.374 e. The molecule has 0 radical (unpaired) electrons. The molecule has 1 fully saturated rings. The molecule has 1 aliphatic rings. The van der Waals surface area contributed by atoms with Gasteiger partial charge in [0.2, 0.25) is 5.76 Å². The third-order valence-corrected chi connectivity index (χ3v) is 5.25. The SMILES string of the molecule is COC(=O)c1oc(CN2C(=O)C(c3ccccc3)N(Cc3ccccc3)C2=O)cc1C. The van der Waals surface area contributed by atoms with Gasteiger partial charge in [0.15, 0.2) is 0 Å². The molecule has 2 heterocycles.